The molecule has 2 fully saturated rings. The standard InChI is InChI=1S/C14H28N2/c1-12-5-3-6-13(9-8-12)15-11-14-7-4-10-16(14)2/h12-15H,3-11H2,1-2H3. The van der Waals surface area contributed by atoms with Crippen molar-refractivity contribution in [3.05, 3.63) is 0 Å². The second-order valence-electron chi connectivity index (χ2n) is 6.00. The van der Waals surface area contributed by atoms with Gasteiger partial charge in [0, 0.05) is 18.6 Å². The van der Waals surface area contributed by atoms with E-state index in [-0.39, 0.29) is 0 Å². The highest BCUT2D eigenvalue weighted by atomic mass is 15.2. The summed E-state index contributed by atoms with van der Waals surface area (Å²) in [6.45, 7) is 4.93. The topological polar surface area (TPSA) is 15.3 Å². The van der Waals surface area contributed by atoms with Crippen molar-refractivity contribution in [1.82, 2.24) is 10.2 Å². The summed E-state index contributed by atoms with van der Waals surface area (Å²) in [6.07, 6.45) is 9.90. The minimum Gasteiger partial charge on any atom is -0.312 e. The van der Waals surface area contributed by atoms with Crippen molar-refractivity contribution in [1.29, 1.82) is 0 Å². The summed E-state index contributed by atoms with van der Waals surface area (Å²) in [4.78, 5) is 2.52. The normalized spacial score (nSPS) is 37.5. The predicted octanol–water partition coefficient (Wildman–Crippen LogP) is 2.64. The quantitative estimate of drug-likeness (QED) is 0.741. The molecule has 1 heterocycles. The summed E-state index contributed by atoms with van der Waals surface area (Å²) >= 11 is 0. The van der Waals surface area contributed by atoms with E-state index in [1.807, 2.05) is 0 Å². The van der Waals surface area contributed by atoms with Gasteiger partial charge in [-0.2, -0.15) is 0 Å². The molecule has 94 valence electrons. The SMILES string of the molecule is CC1CCCC(NCC2CCCN2C)CC1. The summed E-state index contributed by atoms with van der Waals surface area (Å²) in [5.41, 5.74) is 0. The van der Waals surface area contributed by atoms with E-state index in [0.29, 0.717) is 0 Å². The molecular formula is C14H28N2. The van der Waals surface area contributed by atoms with Gasteiger partial charge in [0.1, 0.15) is 0 Å². The fraction of sp³-hybridized carbons (Fsp3) is 1.00. The Balaban J connectivity index is 1.68. The lowest BCUT2D eigenvalue weighted by Gasteiger charge is -2.23. The third kappa shape index (κ3) is 3.46. The van der Waals surface area contributed by atoms with Gasteiger partial charge < -0.3 is 10.2 Å². The van der Waals surface area contributed by atoms with Crippen molar-refractivity contribution in [3.63, 3.8) is 0 Å². The number of likely N-dealkylation sites (N-methyl/N-ethyl adjacent to an activating group) is 1. The van der Waals surface area contributed by atoms with Gasteiger partial charge in [-0.25, -0.2) is 0 Å². The number of rotatable bonds is 3. The van der Waals surface area contributed by atoms with Crippen LogP contribution in [0.4, 0.5) is 0 Å². The number of nitrogens with one attached hydrogen (secondary N) is 1. The molecule has 2 aliphatic rings. The molecule has 0 aromatic heterocycles. The Morgan fingerprint density at radius 3 is 2.69 bits per heavy atom. The van der Waals surface area contributed by atoms with Gasteiger partial charge in [0.25, 0.3) is 0 Å². The van der Waals surface area contributed by atoms with Crippen molar-refractivity contribution in [3.8, 4) is 0 Å². The van der Waals surface area contributed by atoms with Crippen LogP contribution in [0.1, 0.15) is 51.9 Å². The van der Waals surface area contributed by atoms with E-state index in [4.69, 9.17) is 0 Å². The largest absolute Gasteiger partial charge is 0.312 e. The number of likely N-dealkylation sites (tertiary alicyclic amines) is 1. The van der Waals surface area contributed by atoms with Gasteiger partial charge in [0.2, 0.25) is 0 Å². The van der Waals surface area contributed by atoms with Crippen LogP contribution in [0.15, 0.2) is 0 Å². The second kappa shape index (κ2) is 6.02. The maximum absolute atomic E-state index is 3.81. The molecule has 0 bridgehead atoms. The van der Waals surface area contributed by atoms with Crippen LogP contribution in [-0.2, 0) is 0 Å². The minimum absolute atomic E-state index is 0.805. The van der Waals surface area contributed by atoms with E-state index in [9.17, 15) is 0 Å². The average molecular weight is 224 g/mol. The monoisotopic (exact) mass is 224 g/mol. The Bertz CT molecular complexity index is 205. The number of nitrogens with zero attached hydrogens (tertiary/aromatic N) is 1. The number of hydrogen-bond acceptors (Lipinski definition) is 2. The first-order chi connectivity index (χ1) is 7.75. The zero-order chi connectivity index (χ0) is 11.4. The van der Waals surface area contributed by atoms with Crippen LogP contribution in [0, 0.1) is 5.92 Å². The molecule has 0 aromatic rings. The van der Waals surface area contributed by atoms with E-state index in [2.05, 4.69) is 24.2 Å². The fourth-order valence-electron chi connectivity index (χ4n) is 3.23. The molecule has 1 saturated carbocycles. The summed E-state index contributed by atoms with van der Waals surface area (Å²) in [6, 6.07) is 1.61. The predicted molar refractivity (Wildman–Crippen MR) is 69.7 cm³/mol. The van der Waals surface area contributed by atoms with Gasteiger partial charge in [-0.3, -0.25) is 0 Å². The Morgan fingerprint density at radius 2 is 1.94 bits per heavy atom. The molecule has 1 saturated heterocycles. The smallest absolute Gasteiger partial charge is 0.0218 e. The van der Waals surface area contributed by atoms with Gasteiger partial charge in [0.15, 0.2) is 0 Å². The molecule has 0 amide bonds. The Labute approximate surface area is 101 Å². The molecule has 0 radical (unpaired) electrons. The maximum atomic E-state index is 3.81. The van der Waals surface area contributed by atoms with E-state index in [1.54, 1.807) is 0 Å². The van der Waals surface area contributed by atoms with Crippen LogP contribution in [0.3, 0.4) is 0 Å². The Hall–Kier alpha value is -0.0800. The van der Waals surface area contributed by atoms with Crippen molar-refractivity contribution in [2.24, 2.45) is 5.92 Å². The zero-order valence-electron chi connectivity index (χ0n) is 11.0. The van der Waals surface area contributed by atoms with Crippen LogP contribution < -0.4 is 5.32 Å². The third-order valence-electron chi connectivity index (χ3n) is 4.57. The fourth-order valence-corrected chi connectivity index (χ4v) is 3.23. The van der Waals surface area contributed by atoms with Crippen LogP contribution in [0.2, 0.25) is 0 Å². The Kier molecular flexibility index (Phi) is 4.66. The van der Waals surface area contributed by atoms with Crippen LogP contribution >= 0.6 is 0 Å². The van der Waals surface area contributed by atoms with Crippen LogP contribution in [0.5, 0.6) is 0 Å². The lowest BCUT2D eigenvalue weighted by Crippen LogP contribution is -2.40. The molecule has 1 aliphatic carbocycles. The minimum atomic E-state index is 0.805. The molecule has 2 nitrogen and oxygen atoms in total. The van der Waals surface area contributed by atoms with Crippen molar-refractivity contribution < 1.29 is 0 Å². The first-order valence-corrected chi connectivity index (χ1v) is 7.19. The number of hydrogen-bond donors (Lipinski definition) is 1. The van der Waals surface area contributed by atoms with Crippen molar-refractivity contribution in [2.45, 2.75) is 64.0 Å². The molecule has 2 heteroatoms. The molecular weight excluding hydrogens is 196 g/mol. The van der Waals surface area contributed by atoms with Gasteiger partial charge >= 0.3 is 0 Å². The summed E-state index contributed by atoms with van der Waals surface area (Å²) in [5, 5.41) is 3.81. The molecule has 1 N–H and O–H groups in total. The highest BCUT2D eigenvalue weighted by molar-refractivity contribution is 4.81. The lowest BCUT2D eigenvalue weighted by molar-refractivity contribution is 0.286. The van der Waals surface area contributed by atoms with E-state index >= 15 is 0 Å². The van der Waals surface area contributed by atoms with Crippen LogP contribution in [0.25, 0.3) is 0 Å². The zero-order valence-corrected chi connectivity index (χ0v) is 11.0. The molecule has 3 unspecified atom stereocenters. The maximum Gasteiger partial charge on any atom is 0.0218 e. The van der Waals surface area contributed by atoms with E-state index in [0.717, 1.165) is 18.0 Å². The summed E-state index contributed by atoms with van der Waals surface area (Å²) in [7, 11) is 2.27. The molecule has 0 spiro atoms. The van der Waals surface area contributed by atoms with Crippen molar-refractivity contribution in [2.75, 3.05) is 20.1 Å². The molecule has 2 rings (SSSR count). The highest BCUT2D eigenvalue weighted by Gasteiger charge is 2.22. The summed E-state index contributed by atoms with van der Waals surface area (Å²) < 4.78 is 0. The van der Waals surface area contributed by atoms with E-state index in [1.165, 1.54) is 58.0 Å². The van der Waals surface area contributed by atoms with Gasteiger partial charge in [-0.1, -0.05) is 19.8 Å². The average Bonchev–Trinajstić information content (AvgIpc) is 2.55. The first kappa shape index (κ1) is 12.4. The van der Waals surface area contributed by atoms with E-state index < -0.39 is 0 Å². The molecule has 3 atom stereocenters. The van der Waals surface area contributed by atoms with Gasteiger partial charge in [-0.15, -0.1) is 0 Å². The van der Waals surface area contributed by atoms with Crippen molar-refractivity contribution >= 4 is 0 Å². The molecule has 0 aromatic carbocycles. The second-order valence-corrected chi connectivity index (χ2v) is 6.00. The highest BCUT2D eigenvalue weighted by Crippen LogP contribution is 2.23. The Morgan fingerprint density at radius 1 is 1.06 bits per heavy atom. The summed E-state index contributed by atoms with van der Waals surface area (Å²) in [5.74, 6) is 0.959. The molecule has 16 heavy (non-hydrogen) atoms. The molecule has 1 aliphatic heterocycles. The van der Waals surface area contributed by atoms with Gasteiger partial charge in [-0.05, 0) is 51.6 Å². The van der Waals surface area contributed by atoms with Crippen LogP contribution in [-0.4, -0.2) is 37.1 Å². The lowest BCUT2D eigenvalue weighted by atomic mass is 10.0. The third-order valence-corrected chi connectivity index (χ3v) is 4.57. The van der Waals surface area contributed by atoms with Gasteiger partial charge in [0.05, 0.1) is 0 Å². The first-order valence-electron chi connectivity index (χ1n) is 7.19.